The van der Waals surface area contributed by atoms with Gasteiger partial charge in [0, 0.05) is 0 Å². The molecule has 0 bridgehead atoms. The summed E-state index contributed by atoms with van der Waals surface area (Å²) in [7, 11) is 0. The Balaban J connectivity index is 0. The van der Waals surface area contributed by atoms with Gasteiger partial charge in [-0.05, 0) is 40.0 Å². The van der Waals surface area contributed by atoms with Crippen molar-refractivity contribution in [2.24, 2.45) is 0 Å². The van der Waals surface area contributed by atoms with Crippen LogP contribution in [0.2, 0.25) is 0 Å². The summed E-state index contributed by atoms with van der Waals surface area (Å²) < 4.78 is 1.25. The number of rotatable bonds is 12. The van der Waals surface area contributed by atoms with Crippen LogP contribution in [0.15, 0.2) is 0 Å². The summed E-state index contributed by atoms with van der Waals surface area (Å²) in [6, 6.07) is 0. The Kier molecular flexibility index (Phi) is 14.9. The van der Waals surface area contributed by atoms with E-state index in [9.17, 15) is 5.11 Å². The number of quaternary nitrogens is 1. The molecule has 0 fully saturated rings. The average Bonchev–Trinajstić information content (AvgIpc) is 2.42. The highest BCUT2D eigenvalue weighted by Crippen LogP contribution is 2.12. The van der Waals surface area contributed by atoms with Gasteiger partial charge in [0.25, 0.3) is 0 Å². The predicted molar refractivity (Wildman–Crippen MR) is 77.5 cm³/mol. The molecule has 0 radical (unpaired) electrons. The first-order valence-corrected chi connectivity index (χ1v) is 7.78. The molecule has 0 aliphatic rings. The van der Waals surface area contributed by atoms with Gasteiger partial charge in [-0.1, -0.05) is 19.3 Å². The average molecular weight is 296 g/mol. The number of unbranched alkanes of at least 4 members (excludes halogenated alkanes) is 4. The maximum atomic E-state index is 9.21. The molecular formula is C15H34ClNO2. The molecule has 2 N–H and O–H groups in total. The molecular weight excluding hydrogens is 262 g/mol. The number of aliphatic hydroxyl groups excluding tert-OH is 2. The standard InChI is InChI=1S/C15H34NO2.ClH/c1-4-16(5-2,6-3)13-11-9-7-8-10-12-15(18)14-17;/h15,17-18H,4-14H2,1-3H3;1H/q+1;/p-1. The van der Waals surface area contributed by atoms with Gasteiger partial charge in [-0.15, -0.1) is 0 Å². The summed E-state index contributed by atoms with van der Waals surface area (Å²) in [5, 5.41) is 17.9. The molecule has 1 unspecified atom stereocenters. The van der Waals surface area contributed by atoms with E-state index < -0.39 is 6.10 Å². The summed E-state index contributed by atoms with van der Waals surface area (Å²) in [5.41, 5.74) is 0. The molecule has 0 spiro atoms. The SMILES string of the molecule is CC[N+](CC)(CC)CCCCCCCC(O)CO.[Cl-]. The monoisotopic (exact) mass is 295 g/mol. The van der Waals surface area contributed by atoms with Gasteiger partial charge in [0.05, 0.1) is 38.9 Å². The lowest BCUT2D eigenvalue weighted by Crippen LogP contribution is -3.00. The van der Waals surface area contributed by atoms with E-state index in [2.05, 4.69) is 20.8 Å². The van der Waals surface area contributed by atoms with Gasteiger partial charge in [-0.25, -0.2) is 0 Å². The minimum absolute atomic E-state index is 0. The molecule has 0 aromatic carbocycles. The van der Waals surface area contributed by atoms with E-state index in [4.69, 9.17) is 5.11 Å². The molecule has 0 rings (SSSR count). The topological polar surface area (TPSA) is 40.5 Å². The van der Waals surface area contributed by atoms with Crippen LogP contribution in [0, 0.1) is 0 Å². The van der Waals surface area contributed by atoms with E-state index in [1.54, 1.807) is 0 Å². The van der Waals surface area contributed by atoms with Crippen molar-refractivity contribution in [2.45, 2.75) is 65.4 Å². The summed E-state index contributed by atoms with van der Waals surface area (Å²) in [4.78, 5) is 0. The Morgan fingerprint density at radius 3 is 1.79 bits per heavy atom. The van der Waals surface area contributed by atoms with Gasteiger partial charge >= 0.3 is 0 Å². The smallest absolute Gasteiger partial charge is 0.0786 e. The molecule has 3 nitrogen and oxygen atoms in total. The zero-order valence-corrected chi connectivity index (χ0v) is 13.8. The van der Waals surface area contributed by atoms with Crippen molar-refractivity contribution >= 4 is 0 Å². The Morgan fingerprint density at radius 2 is 1.32 bits per heavy atom. The van der Waals surface area contributed by atoms with Crippen LogP contribution in [0.1, 0.15) is 59.3 Å². The van der Waals surface area contributed by atoms with Crippen LogP contribution in [0.5, 0.6) is 0 Å². The minimum atomic E-state index is -0.505. The van der Waals surface area contributed by atoms with E-state index in [0.29, 0.717) is 0 Å². The lowest BCUT2D eigenvalue weighted by Gasteiger charge is -2.35. The Hall–Kier alpha value is 0.170. The van der Waals surface area contributed by atoms with Crippen molar-refractivity contribution in [3.05, 3.63) is 0 Å². The van der Waals surface area contributed by atoms with Crippen molar-refractivity contribution in [1.82, 2.24) is 0 Å². The molecule has 0 saturated heterocycles. The van der Waals surface area contributed by atoms with Crippen molar-refractivity contribution in [3.63, 3.8) is 0 Å². The van der Waals surface area contributed by atoms with E-state index in [0.717, 1.165) is 12.8 Å². The fraction of sp³-hybridized carbons (Fsp3) is 1.00. The van der Waals surface area contributed by atoms with Crippen molar-refractivity contribution in [3.8, 4) is 0 Å². The highest BCUT2D eigenvalue weighted by atomic mass is 35.5. The van der Waals surface area contributed by atoms with Crippen LogP contribution in [0.25, 0.3) is 0 Å². The van der Waals surface area contributed by atoms with Crippen LogP contribution in [0.3, 0.4) is 0 Å². The van der Waals surface area contributed by atoms with E-state index in [1.807, 2.05) is 0 Å². The summed E-state index contributed by atoms with van der Waals surface area (Å²) in [6.45, 7) is 11.8. The van der Waals surface area contributed by atoms with E-state index >= 15 is 0 Å². The van der Waals surface area contributed by atoms with Crippen molar-refractivity contribution < 1.29 is 27.1 Å². The van der Waals surface area contributed by atoms with Crippen molar-refractivity contribution in [2.75, 3.05) is 32.8 Å². The zero-order valence-electron chi connectivity index (χ0n) is 13.1. The Morgan fingerprint density at radius 1 is 0.842 bits per heavy atom. The molecule has 19 heavy (non-hydrogen) atoms. The lowest BCUT2D eigenvalue weighted by molar-refractivity contribution is -0.923. The largest absolute Gasteiger partial charge is 1.00 e. The molecule has 0 aliphatic carbocycles. The number of nitrogens with zero attached hydrogens (tertiary/aromatic N) is 1. The highest BCUT2D eigenvalue weighted by Gasteiger charge is 2.19. The first kappa shape index (κ1) is 21.5. The molecule has 0 saturated carbocycles. The second kappa shape index (κ2) is 13.2. The van der Waals surface area contributed by atoms with Crippen LogP contribution in [0.4, 0.5) is 0 Å². The fourth-order valence-corrected chi connectivity index (χ4v) is 2.59. The summed E-state index contributed by atoms with van der Waals surface area (Å²) in [5.74, 6) is 0. The van der Waals surface area contributed by atoms with Crippen molar-refractivity contribution in [1.29, 1.82) is 0 Å². The van der Waals surface area contributed by atoms with Crippen LogP contribution in [-0.4, -0.2) is 53.6 Å². The molecule has 1 atom stereocenters. The number of hydrogen-bond donors (Lipinski definition) is 2. The second-order valence-electron chi connectivity index (χ2n) is 5.41. The number of hydrogen-bond acceptors (Lipinski definition) is 2. The maximum Gasteiger partial charge on any atom is 0.0786 e. The lowest BCUT2D eigenvalue weighted by atomic mass is 10.1. The summed E-state index contributed by atoms with van der Waals surface area (Å²) in [6.07, 6.45) is 6.34. The fourth-order valence-electron chi connectivity index (χ4n) is 2.59. The number of aliphatic hydroxyl groups is 2. The molecule has 0 aliphatic heterocycles. The Labute approximate surface area is 126 Å². The maximum absolute atomic E-state index is 9.21. The molecule has 0 aromatic rings. The highest BCUT2D eigenvalue weighted by molar-refractivity contribution is 4.53. The Bertz CT molecular complexity index is 179. The van der Waals surface area contributed by atoms with E-state index in [1.165, 1.54) is 56.3 Å². The van der Waals surface area contributed by atoms with Gasteiger partial charge < -0.3 is 27.1 Å². The molecule has 0 heterocycles. The van der Waals surface area contributed by atoms with Crippen LogP contribution >= 0.6 is 0 Å². The molecule has 0 aromatic heterocycles. The third kappa shape index (κ3) is 9.67. The first-order valence-electron chi connectivity index (χ1n) is 7.78. The quantitative estimate of drug-likeness (QED) is 0.379. The van der Waals surface area contributed by atoms with Gasteiger partial charge in [0.2, 0.25) is 0 Å². The molecule has 118 valence electrons. The van der Waals surface area contributed by atoms with E-state index in [-0.39, 0.29) is 19.0 Å². The third-order valence-corrected chi connectivity index (χ3v) is 4.39. The number of halogens is 1. The van der Waals surface area contributed by atoms with Gasteiger partial charge in [0.1, 0.15) is 0 Å². The van der Waals surface area contributed by atoms with Gasteiger partial charge in [-0.2, -0.15) is 0 Å². The first-order chi connectivity index (χ1) is 8.64. The molecule has 0 amide bonds. The normalized spacial score (nSPS) is 13.1. The van der Waals surface area contributed by atoms with Crippen LogP contribution in [-0.2, 0) is 0 Å². The second-order valence-corrected chi connectivity index (χ2v) is 5.41. The van der Waals surface area contributed by atoms with Gasteiger partial charge in [-0.3, -0.25) is 0 Å². The molecule has 4 heteroatoms. The minimum Gasteiger partial charge on any atom is -1.00 e. The van der Waals surface area contributed by atoms with Crippen LogP contribution < -0.4 is 12.4 Å². The summed E-state index contributed by atoms with van der Waals surface area (Å²) >= 11 is 0. The van der Waals surface area contributed by atoms with Gasteiger partial charge in [0.15, 0.2) is 0 Å². The zero-order chi connectivity index (χ0) is 13.9. The predicted octanol–water partition coefficient (Wildman–Crippen LogP) is -0.439. The third-order valence-electron chi connectivity index (χ3n) is 4.39.